The number of nitrogens with zero attached hydrogens (tertiary/aromatic N) is 1. The third-order valence-electron chi connectivity index (χ3n) is 3.39. The van der Waals surface area contributed by atoms with Crippen molar-refractivity contribution in [1.29, 1.82) is 0 Å². The first kappa shape index (κ1) is 19.1. The zero-order valence-electron chi connectivity index (χ0n) is 13.7. The van der Waals surface area contributed by atoms with Crippen LogP contribution in [0.5, 0.6) is 5.75 Å². The fourth-order valence-electron chi connectivity index (χ4n) is 2.16. The SMILES string of the molecule is O=C(CNc1cccc([N+](=O)[O-])c1)NCCc1ccc(OC(F)F)cc1. The summed E-state index contributed by atoms with van der Waals surface area (Å²) in [6.45, 7) is -2.52. The van der Waals surface area contributed by atoms with Gasteiger partial charge in [-0.25, -0.2) is 0 Å². The van der Waals surface area contributed by atoms with Crippen molar-refractivity contribution in [3.05, 3.63) is 64.2 Å². The summed E-state index contributed by atoms with van der Waals surface area (Å²) in [5.41, 5.74) is 1.28. The Morgan fingerprint density at radius 1 is 1.19 bits per heavy atom. The number of nitrogens with one attached hydrogen (secondary N) is 2. The fourth-order valence-corrected chi connectivity index (χ4v) is 2.16. The quantitative estimate of drug-likeness (QED) is 0.526. The number of alkyl halides is 2. The molecule has 0 radical (unpaired) electrons. The Hall–Kier alpha value is -3.23. The number of carbonyl (C=O) groups excluding carboxylic acids is 1. The van der Waals surface area contributed by atoms with Crippen molar-refractivity contribution < 1.29 is 23.2 Å². The summed E-state index contributed by atoms with van der Waals surface area (Å²) in [5.74, 6) is -0.192. The van der Waals surface area contributed by atoms with Gasteiger partial charge in [0.15, 0.2) is 0 Å². The molecule has 0 aliphatic heterocycles. The number of benzene rings is 2. The molecule has 138 valence electrons. The minimum Gasteiger partial charge on any atom is -0.435 e. The fraction of sp³-hybridized carbons (Fsp3) is 0.235. The first-order chi connectivity index (χ1) is 12.4. The highest BCUT2D eigenvalue weighted by Crippen LogP contribution is 2.17. The normalized spacial score (nSPS) is 10.4. The average Bonchev–Trinajstić information content (AvgIpc) is 2.61. The molecule has 0 fully saturated rings. The first-order valence-corrected chi connectivity index (χ1v) is 7.73. The Bertz CT molecular complexity index is 754. The Labute approximate surface area is 148 Å². The second kappa shape index (κ2) is 9.30. The standard InChI is InChI=1S/C17H17F2N3O4/c18-17(19)26-15-6-4-12(5-7-15)8-9-20-16(23)11-21-13-2-1-3-14(10-13)22(24)25/h1-7,10,17,21H,8-9,11H2,(H,20,23). The van der Waals surface area contributed by atoms with Gasteiger partial charge in [0.1, 0.15) is 5.75 Å². The summed E-state index contributed by atoms with van der Waals surface area (Å²) in [4.78, 5) is 22.0. The molecule has 0 aliphatic carbocycles. The molecule has 7 nitrogen and oxygen atoms in total. The summed E-state index contributed by atoms with van der Waals surface area (Å²) >= 11 is 0. The smallest absolute Gasteiger partial charge is 0.387 e. The van der Waals surface area contributed by atoms with Gasteiger partial charge >= 0.3 is 6.61 Å². The van der Waals surface area contributed by atoms with Gasteiger partial charge in [-0.05, 0) is 30.2 Å². The van der Waals surface area contributed by atoms with Crippen LogP contribution in [0.3, 0.4) is 0 Å². The van der Waals surface area contributed by atoms with Crippen LogP contribution in [-0.2, 0) is 11.2 Å². The Kier molecular flexibility index (Phi) is 6.84. The van der Waals surface area contributed by atoms with E-state index in [0.717, 1.165) is 5.56 Å². The highest BCUT2D eigenvalue weighted by Gasteiger charge is 2.07. The second-order valence-electron chi connectivity index (χ2n) is 5.28. The maximum atomic E-state index is 12.1. The molecule has 0 atom stereocenters. The molecule has 0 saturated carbocycles. The van der Waals surface area contributed by atoms with Crippen molar-refractivity contribution in [1.82, 2.24) is 5.32 Å². The van der Waals surface area contributed by atoms with Gasteiger partial charge in [-0.2, -0.15) is 8.78 Å². The number of ether oxygens (including phenoxy) is 1. The van der Waals surface area contributed by atoms with Crippen LogP contribution in [0.4, 0.5) is 20.2 Å². The first-order valence-electron chi connectivity index (χ1n) is 7.73. The monoisotopic (exact) mass is 365 g/mol. The number of non-ortho nitro benzene ring substituents is 1. The average molecular weight is 365 g/mol. The Morgan fingerprint density at radius 3 is 2.58 bits per heavy atom. The number of nitro benzene ring substituents is 1. The molecule has 0 saturated heterocycles. The molecule has 2 rings (SSSR count). The molecule has 2 aromatic rings. The van der Waals surface area contributed by atoms with Gasteiger partial charge in [0.2, 0.25) is 5.91 Å². The van der Waals surface area contributed by atoms with Crippen LogP contribution in [0.1, 0.15) is 5.56 Å². The lowest BCUT2D eigenvalue weighted by molar-refractivity contribution is -0.384. The van der Waals surface area contributed by atoms with E-state index in [1.165, 1.54) is 30.3 Å². The van der Waals surface area contributed by atoms with Crippen molar-refractivity contribution in [2.45, 2.75) is 13.0 Å². The molecule has 26 heavy (non-hydrogen) atoms. The van der Waals surface area contributed by atoms with Crippen LogP contribution in [0.2, 0.25) is 0 Å². The molecule has 0 bridgehead atoms. The zero-order valence-corrected chi connectivity index (χ0v) is 13.7. The minimum absolute atomic E-state index is 0.0255. The van der Waals surface area contributed by atoms with Crippen molar-refractivity contribution in [3.63, 3.8) is 0 Å². The maximum absolute atomic E-state index is 12.1. The number of nitro groups is 1. The minimum atomic E-state index is -2.86. The van der Waals surface area contributed by atoms with E-state index < -0.39 is 11.5 Å². The molecule has 9 heteroatoms. The van der Waals surface area contributed by atoms with Gasteiger partial charge in [0.25, 0.3) is 5.69 Å². The summed E-state index contributed by atoms with van der Waals surface area (Å²) in [6.07, 6.45) is 0.525. The van der Waals surface area contributed by atoms with Crippen LogP contribution < -0.4 is 15.4 Å². The van der Waals surface area contributed by atoms with Gasteiger partial charge in [0.05, 0.1) is 11.5 Å². The third-order valence-corrected chi connectivity index (χ3v) is 3.39. The highest BCUT2D eigenvalue weighted by atomic mass is 19.3. The number of anilines is 1. The van der Waals surface area contributed by atoms with Gasteiger partial charge < -0.3 is 15.4 Å². The molecule has 1 amide bonds. The van der Waals surface area contributed by atoms with Gasteiger partial charge in [-0.1, -0.05) is 18.2 Å². The summed E-state index contributed by atoms with van der Waals surface area (Å²) < 4.78 is 28.4. The second-order valence-corrected chi connectivity index (χ2v) is 5.28. The van der Waals surface area contributed by atoms with Crippen LogP contribution in [0.25, 0.3) is 0 Å². The summed E-state index contributed by atoms with van der Waals surface area (Å²) in [5, 5.41) is 16.2. The topological polar surface area (TPSA) is 93.5 Å². The van der Waals surface area contributed by atoms with Crippen LogP contribution in [-0.4, -0.2) is 30.5 Å². The molecule has 0 aromatic heterocycles. The summed E-state index contributed by atoms with van der Waals surface area (Å²) in [7, 11) is 0. The van der Waals surface area contributed by atoms with Crippen molar-refractivity contribution in [2.75, 3.05) is 18.4 Å². The van der Waals surface area contributed by atoms with E-state index in [2.05, 4.69) is 15.4 Å². The molecule has 0 heterocycles. The van der Waals surface area contributed by atoms with Crippen molar-refractivity contribution in [3.8, 4) is 5.75 Å². The summed E-state index contributed by atoms with van der Waals surface area (Å²) in [6, 6.07) is 12.0. The van der Waals surface area contributed by atoms with E-state index in [4.69, 9.17) is 0 Å². The van der Waals surface area contributed by atoms with Crippen LogP contribution in [0, 0.1) is 10.1 Å². The maximum Gasteiger partial charge on any atom is 0.387 e. The van der Waals surface area contributed by atoms with Crippen LogP contribution in [0.15, 0.2) is 48.5 Å². The third kappa shape index (κ3) is 6.34. The molecule has 0 unspecified atom stereocenters. The number of hydrogen-bond acceptors (Lipinski definition) is 5. The largest absolute Gasteiger partial charge is 0.435 e. The zero-order chi connectivity index (χ0) is 18.9. The van der Waals surface area contributed by atoms with Crippen molar-refractivity contribution in [2.24, 2.45) is 0 Å². The number of carbonyl (C=O) groups is 1. The van der Waals surface area contributed by atoms with Crippen molar-refractivity contribution >= 4 is 17.3 Å². The van der Waals surface area contributed by atoms with E-state index in [0.29, 0.717) is 18.7 Å². The Morgan fingerprint density at radius 2 is 1.92 bits per heavy atom. The molecule has 2 aromatic carbocycles. The lowest BCUT2D eigenvalue weighted by atomic mass is 10.1. The van der Waals surface area contributed by atoms with Crippen LogP contribution >= 0.6 is 0 Å². The van der Waals surface area contributed by atoms with Gasteiger partial charge in [0, 0.05) is 24.4 Å². The molecule has 0 spiro atoms. The molecular formula is C17H17F2N3O4. The van der Waals surface area contributed by atoms with Gasteiger partial charge in [-0.3, -0.25) is 14.9 Å². The number of halogens is 2. The van der Waals surface area contributed by atoms with E-state index in [1.807, 2.05) is 0 Å². The van der Waals surface area contributed by atoms with E-state index in [1.54, 1.807) is 18.2 Å². The number of rotatable bonds is 9. The lowest BCUT2D eigenvalue weighted by Crippen LogP contribution is -2.31. The number of amides is 1. The Balaban J connectivity index is 1.72. The predicted molar refractivity (Wildman–Crippen MR) is 91.4 cm³/mol. The van der Waals surface area contributed by atoms with E-state index in [9.17, 15) is 23.7 Å². The lowest BCUT2D eigenvalue weighted by Gasteiger charge is -2.08. The predicted octanol–water partition coefficient (Wildman–Crippen LogP) is 2.97. The molecular weight excluding hydrogens is 348 g/mol. The highest BCUT2D eigenvalue weighted by molar-refractivity contribution is 5.80. The van der Waals surface area contributed by atoms with E-state index in [-0.39, 0.29) is 23.9 Å². The molecule has 0 aliphatic rings. The number of hydrogen-bond donors (Lipinski definition) is 2. The van der Waals surface area contributed by atoms with Gasteiger partial charge in [-0.15, -0.1) is 0 Å². The van der Waals surface area contributed by atoms with E-state index >= 15 is 0 Å². The molecule has 2 N–H and O–H groups in total.